The summed E-state index contributed by atoms with van der Waals surface area (Å²) < 4.78 is 24.7. The van der Waals surface area contributed by atoms with Crippen LogP contribution in [0.1, 0.15) is 19.2 Å². The molecule has 1 aliphatic rings. The van der Waals surface area contributed by atoms with E-state index in [0.29, 0.717) is 23.8 Å². The molecular formula is C17H20F2N6O. The number of imidazole rings is 1. The summed E-state index contributed by atoms with van der Waals surface area (Å²) in [4.78, 5) is 17.7. The molecule has 1 aliphatic heterocycles. The van der Waals surface area contributed by atoms with Crippen LogP contribution < -0.4 is 4.90 Å². The molecule has 3 heterocycles. The van der Waals surface area contributed by atoms with Crippen molar-refractivity contribution in [2.75, 3.05) is 24.6 Å². The minimum absolute atomic E-state index is 0.130. The van der Waals surface area contributed by atoms with E-state index in [1.165, 1.54) is 12.4 Å². The smallest absolute Gasteiger partial charge is 0.279 e. The number of aromatic amines is 1. The molecule has 1 fully saturated rings. The predicted octanol–water partition coefficient (Wildman–Crippen LogP) is 2.37. The molecule has 3 rings (SSSR count). The fourth-order valence-corrected chi connectivity index (χ4v) is 2.81. The van der Waals surface area contributed by atoms with Crippen molar-refractivity contribution in [1.82, 2.24) is 19.9 Å². The van der Waals surface area contributed by atoms with E-state index < -0.39 is 12.1 Å². The summed E-state index contributed by atoms with van der Waals surface area (Å²) in [7, 11) is 0. The van der Waals surface area contributed by atoms with Crippen LogP contribution in [0.2, 0.25) is 0 Å². The quantitative estimate of drug-likeness (QED) is 0.685. The fourth-order valence-electron chi connectivity index (χ4n) is 2.81. The van der Waals surface area contributed by atoms with Gasteiger partial charge in [0.2, 0.25) is 0 Å². The number of nitrogens with one attached hydrogen (secondary N) is 2. The number of anilines is 1. The van der Waals surface area contributed by atoms with Gasteiger partial charge >= 0.3 is 0 Å². The van der Waals surface area contributed by atoms with Gasteiger partial charge < -0.3 is 15.0 Å². The highest BCUT2D eigenvalue weighted by atomic mass is 19.3. The molecule has 9 heteroatoms. The molecule has 26 heavy (non-hydrogen) atoms. The average Bonchev–Trinajstić information content (AvgIpc) is 3.27. The van der Waals surface area contributed by atoms with Gasteiger partial charge in [-0.1, -0.05) is 6.92 Å². The lowest BCUT2D eigenvalue weighted by atomic mass is 9.91. The van der Waals surface area contributed by atoms with E-state index >= 15 is 0 Å². The van der Waals surface area contributed by atoms with Gasteiger partial charge in [0.25, 0.3) is 6.43 Å². The Hall–Kier alpha value is -2.68. The van der Waals surface area contributed by atoms with E-state index in [-0.39, 0.29) is 12.0 Å². The number of allylic oxidation sites excluding steroid dienone is 1. The van der Waals surface area contributed by atoms with E-state index in [1.54, 1.807) is 6.20 Å². The summed E-state index contributed by atoms with van der Waals surface area (Å²) in [6, 6.07) is 1.82. The van der Waals surface area contributed by atoms with Crippen molar-refractivity contribution in [3.8, 4) is 11.4 Å². The molecule has 1 saturated heterocycles. The predicted molar refractivity (Wildman–Crippen MR) is 94.4 cm³/mol. The monoisotopic (exact) mass is 362 g/mol. The van der Waals surface area contributed by atoms with Gasteiger partial charge in [-0.15, -0.1) is 0 Å². The SMILES string of the molecule is CC1(CO)CCN(c2cc(-c3cnc(/C=C\C(=N)C(F)F)[nH]3)ncn2)C1. The molecule has 0 aromatic carbocycles. The molecule has 0 saturated carbocycles. The third kappa shape index (κ3) is 3.93. The zero-order valence-corrected chi connectivity index (χ0v) is 14.3. The Balaban J connectivity index is 1.76. The third-order valence-corrected chi connectivity index (χ3v) is 4.44. The lowest BCUT2D eigenvalue weighted by molar-refractivity contribution is 0.162. The molecule has 2 aromatic heterocycles. The first-order valence-corrected chi connectivity index (χ1v) is 8.18. The third-order valence-electron chi connectivity index (χ3n) is 4.44. The fraction of sp³-hybridized carbons (Fsp3) is 0.412. The Kier molecular flexibility index (Phi) is 5.08. The Bertz CT molecular complexity index is 821. The summed E-state index contributed by atoms with van der Waals surface area (Å²) in [5.74, 6) is 1.12. The van der Waals surface area contributed by atoms with Gasteiger partial charge in [0.05, 0.1) is 29.9 Å². The van der Waals surface area contributed by atoms with Crippen molar-refractivity contribution in [2.45, 2.75) is 19.8 Å². The number of H-pyrrole nitrogens is 1. The van der Waals surface area contributed by atoms with Crippen LogP contribution in [0.4, 0.5) is 14.6 Å². The van der Waals surface area contributed by atoms with E-state index in [0.717, 1.165) is 24.9 Å². The number of alkyl halides is 2. The highest BCUT2D eigenvalue weighted by molar-refractivity contribution is 5.97. The number of halogens is 2. The molecule has 0 spiro atoms. The van der Waals surface area contributed by atoms with Crippen molar-refractivity contribution in [2.24, 2.45) is 5.41 Å². The van der Waals surface area contributed by atoms with Gasteiger partial charge in [-0.05, 0) is 18.6 Å². The largest absolute Gasteiger partial charge is 0.396 e. The average molecular weight is 362 g/mol. The summed E-state index contributed by atoms with van der Waals surface area (Å²) in [6.07, 6.45) is 3.43. The molecule has 0 bridgehead atoms. The summed E-state index contributed by atoms with van der Waals surface area (Å²) in [5.41, 5.74) is 0.351. The summed E-state index contributed by atoms with van der Waals surface area (Å²) >= 11 is 0. The molecule has 3 N–H and O–H groups in total. The Morgan fingerprint density at radius 3 is 2.96 bits per heavy atom. The van der Waals surface area contributed by atoms with Crippen LogP contribution in [0.5, 0.6) is 0 Å². The van der Waals surface area contributed by atoms with Gasteiger partial charge in [-0.2, -0.15) is 0 Å². The van der Waals surface area contributed by atoms with Crippen LogP contribution >= 0.6 is 0 Å². The molecule has 1 unspecified atom stereocenters. The van der Waals surface area contributed by atoms with Gasteiger partial charge in [-0.25, -0.2) is 23.7 Å². The van der Waals surface area contributed by atoms with E-state index in [2.05, 4.69) is 24.8 Å². The topological polar surface area (TPSA) is 102 Å². The van der Waals surface area contributed by atoms with Crippen LogP contribution in [0.25, 0.3) is 17.5 Å². The molecule has 138 valence electrons. The van der Waals surface area contributed by atoms with Crippen molar-refractivity contribution in [3.63, 3.8) is 0 Å². The Labute approximate surface area is 149 Å². The minimum atomic E-state index is -2.81. The maximum atomic E-state index is 12.3. The molecule has 0 radical (unpaired) electrons. The molecule has 1 atom stereocenters. The number of nitrogens with zero attached hydrogens (tertiary/aromatic N) is 4. The van der Waals surface area contributed by atoms with Crippen molar-refractivity contribution < 1.29 is 13.9 Å². The molecule has 7 nitrogen and oxygen atoms in total. The first-order chi connectivity index (χ1) is 12.4. The van der Waals surface area contributed by atoms with Gasteiger partial charge in [0.1, 0.15) is 18.0 Å². The first-order valence-electron chi connectivity index (χ1n) is 8.18. The van der Waals surface area contributed by atoms with Crippen molar-refractivity contribution in [1.29, 1.82) is 5.41 Å². The molecule has 0 aliphatic carbocycles. The second-order valence-corrected chi connectivity index (χ2v) is 6.67. The Morgan fingerprint density at radius 1 is 1.46 bits per heavy atom. The highest BCUT2D eigenvalue weighted by Gasteiger charge is 2.33. The number of hydrogen-bond acceptors (Lipinski definition) is 6. The van der Waals surface area contributed by atoms with Crippen molar-refractivity contribution in [3.05, 3.63) is 30.5 Å². The lowest BCUT2D eigenvalue weighted by Gasteiger charge is -2.22. The summed E-state index contributed by atoms with van der Waals surface area (Å²) in [5, 5.41) is 16.6. The van der Waals surface area contributed by atoms with Gasteiger partial charge in [0.15, 0.2) is 0 Å². The number of hydrogen-bond donors (Lipinski definition) is 3. The minimum Gasteiger partial charge on any atom is -0.396 e. The lowest BCUT2D eigenvalue weighted by Crippen LogP contribution is -2.28. The van der Waals surface area contributed by atoms with E-state index in [4.69, 9.17) is 5.41 Å². The molecule has 0 amide bonds. The second kappa shape index (κ2) is 7.28. The highest BCUT2D eigenvalue weighted by Crippen LogP contribution is 2.32. The zero-order valence-electron chi connectivity index (χ0n) is 14.3. The number of aliphatic hydroxyl groups is 1. The van der Waals surface area contributed by atoms with Crippen LogP contribution in [-0.2, 0) is 0 Å². The van der Waals surface area contributed by atoms with Gasteiger partial charge in [0, 0.05) is 24.6 Å². The van der Waals surface area contributed by atoms with Crippen molar-refractivity contribution >= 4 is 17.6 Å². The van der Waals surface area contributed by atoms with Crippen LogP contribution in [0.15, 0.2) is 24.7 Å². The zero-order chi connectivity index (χ0) is 18.7. The van der Waals surface area contributed by atoms with Crippen LogP contribution in [0, 0.1) is 10.8 Å². The number of aromatic nitrogens is 4. The summed E-state index contributed by atoms with van der Waals surface area (Å²) in [6.45, 7) is 3.69. The van der Waals surface area contributed by atoms with Gasteiger partial charge in [-0.3, -0.25) is 5.41 Å². The van der Waals surface area contributed by atoms with E-state index in [9.17, 15) is 13.9 Å². The first kappa shape index (κ1) is 18.1. The molecular weight excluding hydrogens is 342 g/mol. The Morgan fingerprint density at radius 2 is 2.27 bits per heavy atom. The van der Waals surface area contributed by atoms with E-state index in [1.807, 2.05) is 13.0 Å². The van der Waals surface area contributed by atoms with Crippen LogP contribution in [0.3, 0.4) is 0 Å². The maximum Gasteiger partial charge on any atom is 0.279 e. The molecule has 2 aromatic rings. The number of aliphatic hydroxyl groups excluding tert-OH is 1. The second-order valence-electron chi connectivity index (χ2n) is 6.67. The maximum absolute atomic E-state index is 12.3. The number of rotatable bonds is 6. The standard InChI is InChI=1S/C17H20F2N6O/c1-17(9-26)4-5-25(8-17)15-6-12(22-10-23-15)13-7-21-14(24-13)3-2-11(20)16(18)19/h2-3,6-7,10,16,20,26H,4-5,8-9H2,1H3,(H,21,24)/b3-2-,20-11?. The van der Waals surface area contributed by atoms with Crippen LogP contribution in [-0.4, -0.2) is 56.9 Å². The normalized spacial score (nSPS) is 20.4.